The van der Waals surface area contributed by atoms with Crippen molar-refractivity contribution in [3.8, 4) is 0 Å². The van der Waals surface area contributed by atoms with Crippen LogP contribution in [0, 0.1) is 11.3 Å². The summed E-state index contributed by atoms with van der Waals surface area (Å²) < 4.78 is 1.92. The van der Waals surface area contributed by atoms with E-state index in [1.165, 1.54) is 25.7 Å². The smallest absolute Gasteiger partial charge is 0.138 e. The van der Waals surface area contributed by atoms with Gasteiger partial charge in [0.2, 0.25) is 0 Å². The topological polar surface area (TPSA) is 42.7 Å². The van der Waals surface area contributed by atoms with Crippen LogP contribution in [0.1, 0.15) is 59.2 Å². The number of nitrogens with one attached hydrogen (secondary N) is 1. The Morgan fingerprint density at radius 1 is 1.35 bits per heavy atom. The Morgan fingerprint density at radius 3 is 2.60 bits per heavy atom. The fraction of sp³-hybridized carbons (Fsp3) is 0.875. The standard InChI is InChI=1S/C16H32N4/c1-6-8-9-16(7-2,12-17-11-14(3)4)10-15-18-13-19-20(15)5/h13-14,17H,6-12H2,1-5H3. The molecule has 1 heterocycles. The quantitative estimate of drug-likeness (QED) is 0.716. The zero-order valence-electron chi connectivity index (χ0n) is 13.9. The molecular weight excluding hydrogens is 248 g/mol. The summed E-state index contributed by atoms with van der Waals surface area (Å²) in [4.78, 5) is 4.42. The minimum absolute atomic E-state index is 0.311. The van der Waals surface area contributed by atoms with E-state index >= 15 is 0 Å². The van der Waals surface area contributed by atoms with Gasteiger partial charge < -0.3 is 5.32 Å². The van der Waals surface area contributed by atoms with Gasteiger partial charge in [0, 0.05) is 20.0 Å². The summed E-state index contributed by atoms with van der Waals surface area (Å²) >= 11 is 0. The summed E-state index contributed by atoms with van der Waals surface area (Å²) in [5, 5.41) is 7.87. The van der Waals surface area contributed by atoms with Gasteiger partial charge in [-0.1, -0.05) is 40.5 Å². The normalized spacial score (nSPS) is 14.7. The summed E-state index contributed by atoms with van der Waals surface area (Å²) in [6, 6.07) is 0. The number of aryl methyl sites for hydroxylation is 1. The average Bonchev–Trinajstić information content (AvgIpc) is 2.81. The highest BCUT2D eigenvalue weighted by Gasteiger charge is 2.29. The van der Waals surface area contributed by atoms with E-state index in [0.29, 0.717) is 11.3 Å². The van der Waals surface area contributed by atoms with E-state index in [1.54, 1.807) is 6.33 Å². The molecule has 0 bridgehead atoms. The maximum atomic E-state index is 4.42. The molecule has 1 aromatic heterocycles. The van der Waals surface area contributed by atoms with Crippen molar-refractivity contribution in [2.24, 2.45) is 18.4 Å². The van der Waals surface area contributed by atoms with E-state index in [2.05, 4.69) is 43.1 Å². The van der Waals surface area contributed by atoms with Crippen molar-refractivity contribution >= 4 is 0 Å². The summed E-state index contributed by atoms with van der Waals surface area (Å²) in [5.74, 6) is 1.81. The van der Waals surface area contributed by atoms with E-state index < -0.39 is 0 Å². The fourth-order valence-electron chi connectivity index (χ4n) is 2.66. The fourth-order valence-corrected chi connectivity index (χ4v) is 2.66. The van der Waals surface area contributed by atoms with Gasteiger partial charge in [-0.05, 0) is 30.7 Å². The lowest BCUT2D eigenvalue weighted by Gasteiger charge is -2.33. The Kier molecular flexibility index (Phi) is 7.20. The number of hydrogen-bond donors (Lipinski definition) is 1. The molecule has 0 aromatic carbocycles. The summed E-state index contributed by atoms with van der Waals surface area (Å²) in [6.45, 7) is 11.3. The van der Waals surface area contributed by atoms with Gasteiger partial charge in [-0.15, -0.1) is 0 Å². The van der Waals surface area contributed by atoms with E-state index in [1.807, 2.05) is 11.7 Å². The molecule has 0 radical (unpaired) electrons. The maximum absolute atomic E-state index is 4.42. The lowest BCUT2D eigenvalue weighted by molar-refractivity contribution is 0.219. The van der Waals surface area contributed by atoms with Gasteiger partial charge in [0.1, 0.15) is 12.2 Å². The molecule has 0 saturated carbocycles. The van der Waals surface area contributed by atoms with Crippen LogP contribution in [0.25, 0.3) is 0 Å². The molecule has 1 N–H and O–H groups in total. The van der Waals surface area contributed by atoms with Crippen molar-refractivity contribution in [2.75, 3.05) is 13.1 Å². The summed E-state index contributed by atoms with van der Waals surface area (Å²) in [6.07, 6.45) is 7.67. The number of nitrogens with zero attached hydrogens (tertiary/aromatic N) is 3. The molecule has 0 spiro atoms. The van der Waals surface area contributed by atoms with Gasteiger partial charge in [0.05, 0.1) is 0 Å². The summed E-state index contributed by atoms with van der Waals surface area (Å²) in [5.41, 5.74) is 0.311. The van der Waals surface area contributed by atoms with Crippen LogP contribution >= 0.6 is 0 Å². The van der Waals surface area contributed by atoms with Crippen molar-refractivity contribution in [1.82, 2.24) is 20.1 Å². The molecule has 0 aliphatic heterocycles. The van der Waals surface area contributed by atoms with Crippen LogP contribution in [0.15, 0.2) is 6.33 Å². The number of rotatable bonds is 10. The van der Waals surface area contributed by atoms with E-state index in [9.17, 15) is 0 Å². The first-order valence-corrected chi connectivity index (χ1v) is 8.06. The van der Waals surface area contributed by atoms with Gasteiger partial charge in [0.25, 0.3) is 0 Å². The van der Waals surface area contributed by atoms with Crippen LogP contribution in [-0.4, -0.2) is 27.9 Å². The highest BCUT2D eigenvalue weighted by atomic mass is 15.3. The first-order chi connectivity index (χ1) is 9.53. The van der Waals surface area contributed by atoms with Gasteiger partial charge in [-0.25, -0.2) is 4.98 Å². The molecule has 0 aliphatic carbocycles. The number of unbranched alkanes of at least 4 members (excludes halogenated alkanes) is 1. The van der Waals surface area contributed by atoms with Crippen LogP contribution < -0.4 is 5.32 Å². The van der Waals surface area contributed by atoms with Crippen molar-refractivity contribution < 1.29 is 0 Å². The van der Waals surface area contributed by atoms with Crippen molar-refractivity contribution in [2.45, 2.75) is 59.8 Å². The van der Waals surface area contributed by atoms with Crippen molar-refractivity contribution in [1.29, 1.82) is 0 Å². The third-order valence-electron chi connectivity index (χ3n) is 4.20. The molecule has 1 rings (SSSR count). The first-order valence-electron chi connectivity index (χ1n) is 8.06. The van der Waals surface area contributed by atoms with Crippen LogP contribution in [0.2, 0.25) is 0 Å². The molecule has 20 heavy (non-hydrogen) atoms. The first kappa shape index (κ1) is 17.2. The molecule has 4 nitrogen and oxygen atoms in total. The van der Waals surface area contributed by atoms with Gasteiger partial charge in [-0.2, -0.15) is 5.10 Å². The molecule has 0 aliphatic rings. The summed E-state index contributed by atoms with van der Waals surface area (Å²) in [7, 11) is 1.99. The van der Waals surface area contributed by atoms with Crippen LogP contribution in [-0.2, 0) is 13.5 Å². The lowest BCUT2D eigenvalue weighted by Crippen LogP contribution is -2.38. The van der Waals surface area contributed by atoms with E-state index in [0.717, 1.165) is 25.3 Å². The second kappa shape index (κ2) is 8.40. The van der Waals surface area contributed by atoms with E-state index in [4.69, 9.17) is 0 Å². The van der Waals surface area contributed by atoms with Gasteiger partial charge in [-0.3, -0.25) is 4.68 Å². The molecule has 1 aromatic rings. The van der Waals surface area contributed by atoms with Crippen LogP contribution in [0.3, 0.4) is 0 Å². The Balaban J connectivity index is 2.73. The SMILES string of the molecule is CCCCC(CC)(CNCC(C)C)Cc1ncnn1C. The Labute approximate surface area is 124 Å². The highest BCUT2D eigenvalue weighted by Crippen LogP contribution is 2.32. The Bertz CT molecular complexity index is 372. The molecule has 0 amide bonds. The highest BCUT2D eigenvalue weighted by molar-refractivity contribution is 4.94. The molecule has 0 fully saturated rings. The van der Waals surface area contributed by atoms with Gasteiger partial charge in [0.15, 0.2) is 0 Å². The molecule has 1 unspecified atom stereocenters. The molecule has 4 heteroatoms. The van der Waals surface area contributed by atoms with Crippen molar-refractivity contribution in [3.63, 3.8) is 0 Å². The predicted octanol–water partition coefficient (Wildman–Crippen LogP) is 3.19. The lowest BCUT2D eigenvalue weighted by atomic mass is 9.76. The van der Waals surface area contributed by atoms with Crippen LogP contribution in [0.4, 0.5) is 0 Å². The zero-order chi connectivity index (χ0) is 15.0. The molecule has 1 atom stereocenters. The Hall–Kier alpha value is -0.900. The predicted molar refractivity (Wildman–Crippen MR) is 84.7 cm³/mol. The largest absolute Gasteiger partial charge is 0.316 e. The average molecular weight is 280 g/mol. The third kappa shape index (κ3) is 5.23. The number of aromatic nitrogens is 3. The van der Waals surface area contributed by atoms with Crippen molar-refractivity contribution in [3.05, 3.63) is 12.2 Å². The minimum atomic E-state index is 0.311. The molecular formula is C16H32N4. The Morgan fingerprint density at radius 2 is 2.10 bits per heavy atom. The second-order valence-electron chi connectivity index (χ2n) is 6.46. The van der Waals surface area contributed by atoms with Gasteiger partial charge >= 0.3 is 0 Å². The second-order valence-corrected chi connectivity index (χ2v) is 6.46. The zero-order valence-corrected chi connectivity index (χ0v) is 13.9. The van der Waals surface area contributed by atoms with E-state index in [-0.39, 0.29) is 0 Å². The minimum Gasteiger partial charge on any atom is -0.316 e. The monoisotopic (exact) mass is 280 g/mol. The maximum Gasteiger partial charge on any atom is 0.138 e. The third-order valence-corrected chi connectivity index (χ3v) is 4.20. The molecule has 0 saturated heterocycles. The van der Waals surface area contributed by atoms with Crippen LogP contribution in [0.5, 0.6) is 0 Å². The molecule has 116 valence electrons. The number of hydrogen-bond acceptors (Lipinski definition) is 3.